The summed E-state index contributed by atoms with van der Waals surface area (Å²) in [4.78, 5) is 0. The van der Waals surface area contributed by atoms with Gasteiger partial charge in [0, 0.05) is 5.56 Å². The van der Waals surface area contributed by atoms with Gasteiger partial charge in [0.1, 0.15) is 5.82 Å². The van der Waals surface area contributed by atoms with E-state index >= 15 is 0 Å². The summed E-state index contributed by atoms with van der Waals surface area (Å²) < 4.78 is 14.4. The summed E-state index contributed by atoms with van der Waals surface area (Å²) in [7, 11) is 0. The molecule has 2 aromatic rings. The first-order chi connectivity index (χ1) is 6.68. The minimum Gasteiger partial charge on any atom is -0.335 e. The van der Waals surface area contributed by atoms with E-state index in [-0.39, 0.29) is 5.82 Å². The van der Waals surface area contributed by atoms with Crippen LogP contribution in [0.4, 0.5) is 4.39 Å². The Morgan fingerprint density at radius 2 is 2.29 bits per heavy atom. The van der Waals surface area contributed by atoms with Crippen LogP contribution in [0.5, 0.6) is 0 Å². The molecule has 6 heteroatoms. The van der Waals surface area contributed by atoms with E-state index in [1.54, 1.807) is 12.1 Å². The molecule has 0 unspecified atom stereocenters. The summed E-state index contributed by atoms with van der Waals surface area (Å²) >= 11 is 4.83. The highest BCUT2D eigenvalue weighted by atomic mass is 32.1. The second kappa shape index (κ2) is 3.22. The number of benzene rings is 1. The molecule has 72 valence electrons. The van der Waals surface area contributed by atoms with Gasteiger partial charge in [0.15, 0.2) is 5.82 Å². The van der Waals surface area contributed by atoms with Crippen molar-refractivity contribution in [1.29, 1.82) is 0 Å². The molecule has 2 rings (SSSR count). The maximum absolute atomic E-state index is 12.9. The molecule has 0 spiro atoms. The van der Waals surface area contributed by atoms with E-state index in [1.165, 1.54) is 16.8 Å². The summed E-state index contributed by atoms with van der Waals surface area (Å²) in [5.41, 5.74) is 0.583. The quantitative estimate of drug-likeness (QED) is 0.553. The highest BCUT2D eigenvalue weighted by Crippen LogP contribution is 2.15. The Bertz CT molecular complexity index is 516. The van der Waals surface area contributed by atoms with Crippen molar-refractivity contribution in [3.05, 3.63) is 34.9 Å². The molecule has 1 aromatic heterocycles. The second-order valence-electron chi connectivity index (χ2n) is 2.73. The first kappa shape index (κ1) is 8.89. The van der Waals surface area contributed by atoms with Crippen LogP contribution in [-0.4, -0.2) is 14.9 Å². The Balaban J connectivity index is 2.60. The summed E-state index contributed by atoms with van der Waals surface area (Å²) in [5.74, 6) is 5.66. The fourth-order valence-corrected chi connectivity index (χ4v) is 1.27. The van der Waals surface area contributed by atoms with Crippen LogP contribution >= 0.6 is 12.2 Å². The molecule has 0 aliphatic carbocycles. The zero-order valence-corrected chi connectivity index (χ0v) is 7.88. The van der Waals surface area contributed by atoms with E-state index in [2.05, 4.69) is 10.2 Å². The van der Waals surface area contributed by atoms with Gasteiger partial charge in [-0.25, -0.2) is 14.2 Å². The van der Waals surface area contributed by atoms with Crippen molar-refractivity contribution in [2.45, 2.75) is 0 Å². The normalized spacial score (nSPS) is 10.4. The van der Waals surface area contributed by atoms with Gasteiger partial charge < -0.3 is 5.84 Å². The topological polar surface area (TPSA) is 59.6 Å². The van der Waals surface area contributed by atoms with Crippen LogP contribution in [0.15, 0.2) is 24.3 Å². The molecule has 1 heterocycles. The molecule has 3 N–H and O–H groups in total. The molecule has 0 aliphatic heterocycles. The first-order valence-corrected chi connectivity index (χ1v) is 4.28. The Kier molecular flexibility index (Phi) is 2.05. The fraction of sp³-hybridized carbons (Fsp3) is 0. The molecular formula is C8H7FN4S. The van der Waals surface area contributed by atoms with Crippen LogP contribution in [0.3, 0.4) is 0 Å². The van der Waals surface area contributed by atoms with Crippen LogP contribution < -0.4 is 5.84 Å². The molecule has 0 fully saturated rings. The number of H-pyrrole nitrogens is 1. The van der Waals surface area contributed by atoms with Crippen molar-refractivity contribution in [1.82, 2.24) is 14.9 Å². The van der Waals surface area contributed by atoms with Crippen molar-refractivity contribution in [2.24, 2.45) is 0 Å². The van der Waals surface area contributed by atoms with E-state index in [1.807, 2.05) is 0 Å². The Hall–Kier alpha value is -1.69. The predicted octanol–water partition coefficient (Wildman–Crippen LogP) is 1.46. The van der Waals surface area contributed by atoms with E-state index in [9.17, 15) is 4.39 Å². The Morgan fingerprint density at radius 3 is 2.86 bits per heavy atom. The van der Waals surface area contributed by atoms with Gasteiger partial charge in [0.25, 0.3) is 0 Å². The van der Waals surface area contributed by atoms with Gasteiger partial charge in [-0.3, -0.25) is 0 Å². The van der Waals surface area contributed by atoms with Crippen LogP contribution in [0.25, 0.3) is 11.4 Å². The molecule has 1 aromatic carbocycles. The third-order valence-corrected chi connectivity index (χ3v) is 2.08. The van der Waals surface area contributed by atoms with Crippen LogP contribution in [0, 0.1) is 10.6 Å². The van der Waals surface area contributed by atoms with E-state index < -0.39 is 0 Å². The predicted molar refractivity (Wildman–Crippen MR) is 53.0 cm³/mol. The molecule has 0 saturated carbocycles. The van der Waals surface area contributed by atoms with Gasteiger partial charge in [-0.05, 0) is 24.4 Å². The van der Waals surface area contributed by atoms with Crippen LogP contribution in [-0.2, 0) is 0 Å². The maximum Gasteiger partial charge on any atom is 0.214 e. The minimum atomic E-state index is -0.337. The summed E-state index contributed by atoms with van der Waals surface area (Å²) in [5, 5.41) is 6.40. The SMILES string of the molecule is Nn1c(-c2cccc(F)c2)n[nH]c1=S. The van der Waals surface area contributed by atoms with Gasteiger partial charge in [-0.15, -0.1) is 0 Å². The lowest BCUT2D eigenvalue weighted by molar-refractivity contribution is 0.628. The van der Waals surface area contributed by atoms with E-state index in [0.29, 0.717) is 16.2 Å². The molecule has 4 nitrogen and oxygen atoms in total. The number of aromatic amines is 1. The van der Waals surface area contributed by atoms with Crippen molar-refractivity contribution in [3.8, 4) is 11.4 Å². The molecule has 0 radical (unpaired) electrons. The number of aromatic nitrogens is 3. The lowest BCUT2D eigenvalue weighted by Gasteiger charge is -1.99. The number of rotatable bonds is 1. The first-order valence-electron chi connectivity index (χ1n) is 3.87. The molecule has 14 heavy (non-hydrogen) atoms. The Labute approximate surface area is 84.1 Å². The average molecular weight is 210 g/mol. The number of halogens is 1. The lowest BCUT2D eigenvalue weighted by Crippen LogP contribution is -2.09. The van der Waals surface area contributed by atoms with E-state index in [4.69, 9.17) is 18.1 Å². The highest BCUT2D eigenvalue weighted by Gasteiger charge is 2.06. The third kappa shape index (κ3) is 1.39. The van der Waals surface area contributed by atoms with Gasteiger partial charge in [0.2, 0.25) is 4.77 Å². The Morgan fingerprint density at radius 1 is 1.50 bits per heavy atom. The monoisotopic (exact) mass is 210 g/mol. The summed E-state index contributed by atoms with van der Waals surface area (Å²) in [6, 6.07) is 5.99. The van der Waals surface area contributed by atoms with Crippen LogP contribution in [0.2, 0.25) is 0 Å². The van der Waals surface area contributed by atoms with Gasteiger partial charge in [0.05, 0.1) is 0 Å². The van der Waals surface area contributed by atoms with Gasteiger partial charge in [-0.2, -0.15) is 5.10 Å². The second-order valence-corrected chi connectivity index (χ2v) is 3.12. The number of hydrogen-bond donors (Lipinski definition) is 2. The number of nitrogen functional groups attached to an aromatic ring is 1. The smallest absolute Gasteiger partial charge is 0.214 e. The third-order valence-electron chi connectivity index (χ3n) is 1.79. The summed E-state index contributed by atoms with van der Waals surface area (Å²) in [6.45, 7) is 0. The minimum absolute atomic E-state index is 0.296. The van der Waals surface area contributed by atoms with E-state index in [0.717, 1.165) is 0 Å². The van der Waals surface area contributed by atoms with Gasteiger partial charge in [-0.1, -0.05) is 12.1 Å². The molecule has 0 bridgehead atoms. The van der Waals surface area contributed by atoms with Crippen molar-refractivity contribution >= 4 is 12.2 Å². The number of nitrogens with two attached hydrogens (primary N) is 1. The number of nitrogens with one attached hydrogen (secondary N) is 1. The van der Waals surface area contributed by atoms with Crippen LogP contribution in [0.1, 0.15) is 0 Å². The molecule has 0 amide bonds. The molecular weight excluding hydrogens is 203 g/mol. The van der Waals surface area contributed by atoms with Gasteiger partial charge >= 0.3 is 0 Å². The van der Waals surface area contributed by atoms with Crippen molar-refractivity contribution < 1.29 is 4.39 Å². The zero-order chi connectivity index (χ0) is 10.1. The largest absolute Gasteiger partial charge is 0.335 e. The zero-order valence-electron chi connectivity index (χ0n) is 7.07. The molecule has 0 saturated heterocycles. The fourth-order valence-electron chi connectivity index (χ4n) is 1.14. The van der Waals surface area contributed by atoms with Crippen molar-refractivity contribution in [2.75, 3.05) is 5.84 Å². The molecule has 0 atom stereocenters. The highest BCUT2D eigenvalue weighted by molar-refractivity contribution is 7.71. The number of hydrogen-bond acceptors (Lipinski definition) is 3. The average Bonchev–Trinajstić information content (AvgIpc) is 2.48. The summed E-state index contributed by atoms with van der Waals surface area (Å²) in [6.07, 6.45) is 0. The maximum atomic E-state index is 12.9. The molecule has 0 aliphatic rings. The standard InChI is InChI=1S/C8H7FN4S/c9-6-3-1-2-5(4-6)7-11-12-8(14)13(7)10/h1-4H,10H2,(H,12,14). The lowest BCUT2D eigenvalue weighted by atomic mass is 10.2. The number of nitrogens with zero attached hydrogens (tertiary/aromatic N) is 2. The van der Waals surface area contributed by atoms with Crippen molar-refractivity contribution in [3.63, 3.8) is 0 Å².